The van der Waals surface area contributed by atoms with Gasteiger partial charge in [-0.3, -0.25) is 0 Å². The molecule has 462 valence electrons. The van der Waals surface area contributed by atoms with Crippen molar-refractivity contribution >= 4 is 89.5 Å². The summed E-state index contributed by atoms with van der Waals surface area (Å²) in [7, 11) is 3.58. The number of methoxy groups -OCH3 is 2. The van der Waals surface area contributed by atoms with Gasteiger partial charge >= 0.3 is 0 Å². The summed E-state index contributed by atoms with van der Waals surface area (Å²) in [6.07, 6.45) is 42.0. The van der Waals surface area contributed by atoms with E-state index in [1.807, 2.05) is 0 Å². The second kappa shape index (κ2) is 23.6. The van der Waals surface area contributed by atoms with Gasteiger partial charge in [-0.05, 0) is 251 Å². The van der Waals surface area contributed by atoms with Gasteiger partial charge in [0.05, 0.1) is 48.4 Å². The summed E-state index contributed by atoms with van der Waals surface area (Å²) in [5.74, 6) is 3.44. The first-order valence-corrected chi connectivity index (χ1v) is 35.4. The highest BCUT2D eigenvalue weighted by Gasteiger charge is 2.51. The van der Waals surface area contributed by atoms with Gasteiger partial charge in [0.15, 0.2) is 0 Å². The molecule has 2 aromatic heterocycles. The number of ether oxygens (including phenoxy) is 2. The Labute approximate surface area is 549 Å². The summed E-state index contributed by atoms with van der Waals surface area (Å²) in [6, 6.07) is 64.0. The predicted octanol–water partition coefficient (Wildman–Crippen LogP) is 20.1. The van der Waals surface area contributed by atoms with Gasteiger partial charge in [-0.1, -0.05) is 139 Å². The molecular weight excluding hydrogens is 1130 g/mol. The molecule has 0 amide bonds. The van der Waals surface area contributed by atoms with Crippen molar-refractivity contribution in [1.82, 2.24) is 9.13 Å². The minimum absolute atomic E-state index is 0.0628. The van der Waals surface area contributed by atoms with Gasteiger partial charge in [0.1, 0.15) is 11.5 Å². The van der Waals surface area contributed by atoms with Crippen LogP contribution in [0.5, 0.6) is 11.5 Å². The van der Waals surface area contributed by atoms with Crippen LogP contribution in [0.1, 0.15) is 116 Å². The molecule has 6 unspecified atom stereocenters. The molecule has 8 aromatic carbocycles. The topological polar surface area (TPSA) is 34.8 Å². The van der Waals surface area contributed by atoms with Crippen LogP contribution in [0.15, 0.2) is 235 Å². The van der Waals surface area contributed by atoms with Crippen molar-refractivity contribution in [2.75, 3.05) is 24.0 Å². The fourth-order valence-electron chi connectivity index (χ4n) is 19.1. The molecule has 8 aliphatic rings. The highest BCUT2D eigenvalue weighted by Crippen LogP contribution is 2.54. The first-order valence-electron chi connectivity index (χ1n) is 35.4. The fraction of sp³-hybridized carbons (Fsp3) is 0.302. The van der Waals surface area contributed by atoms with Gasteiger partial charge < -0.3 is 28.4 Å². The molecular formula is C86H83BN4O2. The molecule has 0 N–H and O–H groups in total. The van der Waals surface area contributed by atoms with E-state index in [0.29, 0.717) is 23.7 Å². The average molecular weight is 1220 g/mol. The first-order chi connectivity index (χ1) is 46.1. The number of hydrogen-bond donors (Lipinski definition) is 0. The zero-order chi connectivity index (χ0) is 61.7. The number of anilines is 4. The van der Waals surface area contributed by atoms with E-state index < -0.39 is 0 Å². The molecule has 6 aliphatic carbocycles. The maximum atomic E-state index is 5.95. The van der Waals surface area contributed by atoms with E-state index in [2.05, 4.69) is 231 Å². The SMILES string of the molecule is COc1ccc2c(c1)c1ccccc1n2-c1ccc2c(c1)N(C1C(C3CC=CCC3)=CCCC1C1=CCCCC1)c1cc(-c3ccccc3)cc3c1B2c1ccc(-n2c4ccccc4c4cc(OC)ccc42)cc1N3C1C(C2CC=CCC2)=CCCC1C1=CCCCC1. The van der Waals surface area contributed by atoms with Crippen LogP contribution >= 0.6 is 0 Å². The summed E-state index contributed by atoms with van der Waals surface area (Å²) in [5.41, 5.74) is 26.1. The van der Waals surface area contributed by atoms with E-state index in [0.717, 1.165) is 62.9 Å². The highest BCUT2D eigenvalue weighted by atomic mass is 16.5. The second-order valence-corrected chi connectivity index (χ2v) is 28.1. The van der Waals surface area contributed by atoms with Crippen molar-refractivity contribution in [2.24, 2.45) is 23.7 Å². The van der Waals surface area contributed by atoms with Crippen molar-refractivity contribution in [3.63, 3.8) is 0 Å². The Kier molecular flexibility index (Phi) is 14.4. The van der Waals surface area contributed by atoms with E-state index in [4.69, 9.17) is 9.47 Å². The summed E-state index contributed by atoms with van der Waals surface area (Å²) < 4.78 is 17.0. The Morgan fingerprint density at radius 1 is 0.387 bits per heavy atom. The van der Waals surface area contributed by atoms with Crippen LogP contribution in [-0.4, -0.2) is 42.2 Å². The maximum absolute atomic E-state index is 5.95. The van der Waals surface area contributed by atoms with Crippen LogP contribution in [0.3, 0.4) is 0 Å². The number of para-hydroxylation sites is 2. The average Bonchev–Trinajstić information content (AvgIpc) is 1.20. The first kappa shape index (κ1) is 56.8. The summed E-state index contributed by atoms with van der Waals surface area (Å²) in [5, 5.41) is 4.88. The minimum atomic E-state index is -0.0628. The number of benzene rings is 8. The molecule has 2 aliphatic heterocycles. The highest BCUT2D eigenvalue weighted by molar-refractivity contribution is 7.00. The molecule has 4 heterocycles. The summed E-state index contributed by atoms with van der Waals surface area (Å²) in [6.45, 7) is -0.0628. The van der Waals surface area contributed by atoms with E-state index in [1.54, 1.807) is 36.5 Å². The molecule has 6 atom stereocenters. The third-order valence-corrected chi connectivity index (χ3v) is 23.3. The lowest BCUT2D eigenvalue weighted by Gasteiger charge is -2.53. The maximum Gasteiger partial charge on any atom is 0.252 e. The lowest BCUT2D eigenvalue weighted by molar-refractivity contribution is 0.391. The lowest BCUT2D eigenvalue weighted by atomic mass is 9.33. The van der Waals surface area contributed by atoms with Crippen molar-refractivity contribution in [1.29, 1.82) is 0 Å². The Balaban J connectivity index is 0.967. The van der Waals surface area contributed by atoms with E-state index in [1.165, 1.54) is 169 Å². The van der Waals surface area contributed by atoms with E-state index in [9.17, 15) is 0 Å². The summed E-state index contributed by atoms with van der Waals surface area (Å²) >= 11 is 0. The van der Waals surface area contributed by atoms with Crippen LogP contribution in [0.4, 0.5) is 22.7 Å². The van der Waals surface area contributed by atoms with Gasteiger partial charge in [-0.25, -0.2) is 0 Å². The van der Waals surface area contributed by atoms with Gasteiger partial charge in [0.25, 0.3) is 6.71 Å². The summed E-state index contributed by atoms with van der Waals surface area (Å²) in [4.78, 5) is 6.05. The zero-order valence-corrected chi connectivity index (χ0v) is 54.1. The van der Waals surface area contributed by atoms with Gasteiger partial charge in [-0.2, -0.15) is 0 Å². The number of fused-ring (bicyclic) bond motifs is 10. The molecule has 0 spiro atoms. The van der Waals surface area contributed by atoms with Gasteiger partial charge in [-0.15, -0.1) is 0 Å². The number of allylic oxidation sites excluding steroid dienone is 8. The Morgan fingerprint density at radius 3 is 1.33 bits per heavy atom. The molecule has 0 fully saturated rings. The van der Waals surface area contributed by atoms with Crippen LogP contribution in [0.2, 0.25) is 0 Å². The fourth-order valence-corrected chi connectivity index (χ4v) is 19.1. The van der Waals surface area contributed by atoms with Crippen LogP contribution in [0.25, 0.3) is 66.1 Å². The molecule has 18 rings (SSSR count). The second-order valence-electron chi connectivity index (χ2n) is 28.1. The number of nitrogens with zero attached hydrogens (tertiary/aromatic N) is 4. The predicted molar refractivity (Wildman–Crippen MR) is 391 cm³/mol. The van der Waals surface area contributed by atoms with Crippen molar-refractivity contribution in [3.05, 3.63) is 235 Å². The Hall–Kier alpha value is -8.94. The van der Waals surface area contributed by atoms with E-state index in [-0.39, 0.29) is 18.8 Å². The molecule has 7 heteroatoms. The third-order valence-electron chi connectivity index (χ3n) is 23.3. The zero-order valence-electron chi connectivity index (χ0n) is 54.1. The Bertz CT molecular complexity index is 4540. The van der Waals surface area contributed by atoms with Crippen molar-refractivity contribution in [3.8, 4) is 34.0 Å². The molecule has 0 bridgehead atoms. The van der Waals surface area contributed by atoms with Crippen LogP contribution in [0, 0.1) is 23.7 Å². The quantitative estimate of drug-likeness (QED) is 0.0955. The Morgan fingerprint density at radius 2 is 0.871 bits per heavy atom. The number of rotatable bonds is 11. The van der Waals surface area contributed by atoms with Gasteiger partial charge in [0, 0.05) is 67.5 Å². The molecule has 93 heavy (non-hydrogen) atoms. The smallest absolute Gasteiger partial charge is 0.252 e. The van der Waals surface area contributed by atoms with Crippen molar-refractivity contribution < 1.29 is 9.47 Å². The van der Waals surface area contributed by atoms with Crippen LogP contribution < -0.4 is 35.7 Å². The molecule has 0 radical (unpaired) electrons. The molecule has 6 nitrogen and oxygen atoms in total. The third kappa shape index (κ3) is 9.39. The number of hydrogen-bond acceptors (Lipinski definition) is 4. The lowest BCUT2D eigenvalue weighted by Crippen LogP contribution is -2.65. The van der Waals surface area contributed by atoms with Crippen molar-refractivity contribution in [2.45, 2.75) is 128 Å². The molecule has 0 saturated carbocycles. The molecule has 0 saturated heterocycles. The van der Waals surface area contributed by atoms with E-state index >= 15 is 0 Å². The van der Waals surface area contributed by atoms with Crippen LogP contribution in [-0.2, 0) is 0 Å². The largest absolute Gasteiger partial charge is 0.497 e. The standard InChI is InChI=1S/C86H83BN4O2/c1-92-64-44-48-78-72(54-64)70-34-18-20-40-76(70)88(78)62-42-46-74-80(52-62)90(85-66(57-26-10-4-11-27-57)36-22-37-67(85)58-28-12-5-13-29-58)82-50-61(56-24-8-3-9-25-56)51-83-84(82)87(74)75-47-43-63(89-77-41-21-19-35-71(77)73-55-65(93-2)45-49-79(73)89)53-81(75)91(83)86-68(59-30-14-6-15-31-59)38-23-39-69(86)60-32-16-7-17-33-60/h3-4,6,8-10,14,18-21,24-25,28,32,34-36,38,40-55,57,59,67,69,85-86H,5,7,11-13,15-17,22-23,26-27,29-31,33,37,39H2,1-2H3. The van der Waals surface area contributed by atoms with Gasteiger partial charge in [0.2, 0.25) is 0 Å². The molecule has 10 aromatic rings. The minimum Gasteiger partial charge on any atom is -0.497 e. The number of aromatic nitrogens is 2. The normalized spacial score (nSPS) is 22.7. The monoisotopic (exact) mass is 1210 g/mol.